The van der Waals surface area contributed by atoms with Crippen molar-refractivity contribution in [1.82, 2.24) is 15.1 Å². The topological polar surface area (TPSA) is 84.4 Å². The molecular formula is C23H23FN4O3S. The first-order chi connectivity index (χ1) is 15.5. The Balaban J connectivity index is 1.40. The molecule has 2 aromatic carbocycles. The summed E-state index contributed by atoms with van der Waals surface area (Å²) in [5.74, 6) is -0.0287. The van der Waals surface area contributed by atoms with Crippen LogP contribution in [0.4, 0.5) is 10.1 Å². The van der Waals surface area contributed by atoms with Gasteiger partial charge in [-0.15, -0.1) is 10.2 Å². The van der Waals surface area contributed by atoms with Crippen LogP contribution in [-0.2, 0) is 0 Å². The molecule has 2 amide bonds. The van der Waals surface area contributed by atoms with Crippen LogP contribution in [0.15, 0.2) is 48.5 Å². The van der Waals surface area contributed by atoms with Crippen molar-refractivity contribution < 1.29 is 18.7 Å². The highest BCUT2D eigenvalue weighted by Crippen LogP contribution is 2.30. The minimum Gasteiger partial charge on any atom is -0.494 e. The lowest BCUT2D eigenvalue weighted by molar-refractivity contribution is 0.0706. The first kappa shape index (κ1) is 21.9. The van der Waals surface area contributed by atoms with Gasteiger partial charge in [0, 0.05) is 30.3 Å². The molecule has 0 spiro atoms. The number of anilines is 1. The molecule has 32 heavy (non-hydrogen) atoms. The average molecular weight is 455 g/mol. The zero-order valence-corrected chi connectivity index (χ0v) is 18.4. The molecule has 0 aliphatic carbocycles. The monoisotopic (exact) mass is 454 g/mol. The molecule has 1 aromatic heterocycles. The van der Waals surface area contributed by atoms with E-state index >= 15 is 0 Å². The van der Waals surface area contributed by atoms with E-state index in [4.69, 9.17) is 4.74 Å². The normalized spacial score (nSPS) is 15.9. The van der Waals surface area contributed by atoms with E-state index < -0.39 is 5.91 Å². The van der Waals surface area contributed by atoms with E-state index in [2.05, 4.69) is 15.5 Å². The predicted octanol–water partition coefficient (Wildman–Crippen LogP) is 4.35. The quantitative estimate of drug-likeness (QED) is 0.599. The van der Waals surface area contributed by atoms with E-state index in [1.165, 1.54) is 35.6 Å². The number of aromatic nitrogens is 2. The molecule has 1 N–H and O–H groups in total. The van der Waals surface area contributed by atoms with Crippen molar-refractivity contribution in [1.29, 1.82) is 0 Å². The van der Waals surface area contributed by atoms with E-state index in [0.717, 1.165) is 23.6 Å². The number of amides is 2. The zero-order valence-electron chi connectivity index (χ0n) is 17.6. The molecule has 1 aliphatic rings. The van der Waals surface area contributed by atoms with Crippen molar-refractivity contribution in [3.8, 4) is 5.75 Å². The van der Waals surface area contributed by atoms with Gasteiger partial charge >= 0.3 is 0 Å². The lowest BCUT2D eigenvalue weighted by Gasteiger charge is -2.31. The summed E-state index contributed by atoms with van der Waals surface area (Å²) in [5, 5.41) is 11.9. The van der Waals surface area contributed by atoms with E-state index in [-0.39, 0.29) is 22.6 Å². The molecule has 7 nitrogen and oxygen atoms in total. The predicted molar refractivity (Wildman–Crippen MR) is 120 cm³/mol. The summed E-state index contributed by atoms with van der Waals surface area (Å²) in [6.07, 6.45) is 1.73. The number of ether oxygens (including phenoxy) is 1. The van der Waals surface area contributed by atoms with E-state index in [9.17, 15) is 14.0 Å². The van der Waals surface area contributed by atoms with Gasteiger partial charge in [-0.05, 0) is 68.3 Å². The Bertz CT molecular complexity index is 1090. The maximum atomic E-state index is 13.0. The Morgan fingerprint density at radius 1 is 1.16 bits per heavy atom. The molecule has 1 aliphatic heterocycles. The van der Waals surface area contributed by atoms with E-state index in [1.807, 2.05) is 11.8 Å². The SMILES string of the molecule is CCOc1ccc(C(=O)N2CCC[C@@H](c3nnc(C(=O)Nc4ccc(F)cc4)s3)C2)cc1. The van der Waals surface area contributed by atoms with E-state index in [0.29, 0.717) is 30.9 Å². The van der Waals surface area contributed by atoms with Gasteiger partial charge in [-0.25, -0.2) is 4.39 Å². The number of nitrogens with one attached hydrogen (secondary N) is 1. The number of rotatable bonds is 6. The Kier molecular flexibility index (Phi) is 6.75. The highest BCUT2D eigenvalue weighted by molar-refractivity contribution is 7.13. The van der Waals surface area contributed by atoms with Crippen LogP contribution < -0.4 is 10.1 Å². The molecular weight excluding hydrogens is 431 g/mol. The molecule has 2 heterocycles. The highest BCUT2D eigenvalue weighted by Gasteiger charge is 2.28. The van der Waals surface area contributed by atoms with Crippen molar-refractivity contribution in [3.05, 3.63) is 69.9 Å². The number of hydrogen-bond acceptors (Lipinski definition) is 6. The summed E-state index contributed by atoms with van der Waals surface area (Å²) < 4.78 is 18.5. The molecule has 1 fully saturated rings. The van der Waals surface area contributed by atoms with Gasteiger partial charge in [-0.1, -0.05) is 11.3 Å². The van der Waals surface area contributed by atoms with Crippen LogP contribution in [0, 0.1) is 5.82 Å². The van der Waals surface area contributed by atoms with Gasteiger partial charge < -0.3 is 15.0 Å². The summed E-state index contributed by atoms with van der Waals surface area (Å²) in [5.41, 5.74) is 1.10. The Morgan fingerprint density at radius 2 is 1.91 bits per heavy atom. The standard InChI is InChI=1S/C23H23FN4O3S/c1-2-31-19-11-5-15(6-12-19)23(30)28-13-3-4-16(14-28)21-26-27-22(32-21)20(29)25-18-9-7-17(24)8-10-18/h5-12,16H,2-4,13-14H2,1H3,(H,25,29)/t16-/m1/s1. The van der Waals surface area contributed by atoms with Crippen LogP contribution in [0.2, 0.25) is 0 Å². The van der Waals surface area contributed by atoms with Gasteiger partial charge in [0.05, 0.1) is 6.61 Å². The van der Waals surface area contributed by atoms with Gasteiger partial charge in [-0.2, -0.15) is 0 Å². The third-order valence-corrected chi connectivity index (χ3v) is 6.29. The van der Waals surface area contributed by atoms with Crippen molar-refractivity contribution >= 4 is 28.8 Å². The number of carbonyl (C=O) groups is 2. The average Bonchev–Trinajstić information content (AvgIpc) is 3.32. The van der Waals surface area contributed by atoms with Crippen LogP contribution in [0.5, 0.6) is 5.75 Å². The van der Waals surface area contributed by atoms with Crippen molar-refractivity contribution in [3.63, 3.8) is 0 Å². The second-order valence-electron chi connectivity index (χ2n) is 7.45. The fourth-order valence-electron chi connectivity index (χ4n) is 3.62. The minimum atomic E-state index is -0.390. The summed E-state index contributed by atoms with van der Waals surface area (Å²) in [4.78, 5) is 27.2. The Hall–Kier alpha value is -3.33. The number of likely N-dealkylation sites (tertiary alicyclic amines) is 1. The first-order valence-corrected chi connectivity index (χ1v) is 11.3. The van der Waals surface area contributed by atoms with Crippen LogP contribution >= 0.6 is 11.3 Å². The Labute approximate surface area is 189 Å². The molecule has 0 radical (unpaired) electrons. The number of nitrogens with zero attached hydrogens (tertiary/aromatic N) is 3. The fraction of sp³-hybridized carbons (Fsp3) is 0.304. The van der Waals surface area contributed by atoms with Crippen molar-refractivity contribution in [2.24, 2.45) is 0 Å². The Morgan fingerprint density at radius 3 is 2.62 bits per heavy atom. The summed E-state index contributed by atoms with van der Waals surface area (Å²) in [7, 11) is 0. The molecule has 4 rings (SSSR count). The molecule has 166 valence electrons. The van der Waals surface area contributed by atoms with Gasteiger partial charge in [0.15, 0.2) is 0 Å². The third kappa shape index (κ3) is 5.11. The molecule has 1 saturated heterocycles. The van der Waals surface area contributed by atoms with Crippen LogP contribution in [0.25, 0.3) is 0 Å². The number of hydrogen-bond donors (Lipinski definition) is 1. The van der Waals surface area contributed by atoms with Crippen LogP contribution in [0.1, 0.15) is 50.9 Å². The lowest BCUT2D eigenvalue weighted by atomic mass is 9.98. The van der Waals surface area contributed by atoms with Crippen LogP contribution in [0.3, 0.4) is 0 Å². The smallest absolute Gasteiger partial charge is 0.286 e. The zero-order chi connectivity index (χ0) is 22.5. The number of carbonyl (C=O) groups excluding carboxylic acids is 2. The molecule has 1 atom stereocenters. The summed E-state index contributed by atoms with van der Waals surface area (Å²) >= 11 is 1.22. The minimum absolute atomic E-state index is 0.0280. The van der Waals surface area contributed by atoms with Crippen LogP contribution in [-0.4, -0.2) is 46.6 Å². The van der Waals surface area contributed by atoms with Gasteiger partial charge in [-0.3, -0.25) is 9.59 Å². The first-order valence-electron chi connectivity index (χ1n) is 10.5. The van der Waals surface area contributed by atoms with Crippen molar-refractivity contribution in [2.45, 2.75) is 25.7 Å². The maximum Gasteiger partial charge on any atom is 0.286 e. The van der Waals surface area contributed by atoms with E-state index in [1.54, 1.807) is 24.3 Å². The number of halogens is 1. The molecule has 9 heteroatoms. The fourth-order valence-corrected chi connectivity index (χ4v) is 4.48. The molecule has 3 aromatic rings. The molecule has 0 unspecified atom stereocenters. The molecule has 0 bridgehead atoms. The van der Waals surface area contributed by atoms with Crippen molar-refractivity contribution in [2.75, 3.05) is 25.0 Å². The van der Waals surface area contributed by atoms with Gasteiger partial charge in [0.25, 0.3) is 11.8 Å². The second-order valence-corrected chi connectivity index (χ2v) is 8.46. The largest absolute Gasteiger partial charge is 0.494 e. The number of piperidine rings is 1. The maximum absolute atomic E-state index is 13.0. The molecule has 0 saturated carbocycles. The summed E-state index contributed by atoms with van der Waals surface area (Å²) in [6.45, 7) is 3.70. The highest BCUT2D eigenvalue weighted by atomic mass is 32.1. The van der Waals surface area contributed by atoms with Gasteiger partial charge in [0.1, 0.15) is 16.6 Å². The van der Waals surface area contributed by atoms with Gasteiger partial charge in [0.2, 0.25) is 5.01 Å². The third-order valence-electron chi connectivity index (χ3n) is 5.21. The second kappa shape index (κ2) is 9.86. The lowest BCUT2D eigenvalue weighted by Crippen LogP contribution is -2.39. The number of benzene rings is 2. The summed E-state index contributed by atoms with van der Waals surface area (Å²) in [6, 6.07) is 12.7.